The Hall–Kier alpha value is -1.51. The Labute approximate surface area is 147 Å². The van der Waals surface area contributed by atoms with Gasteiger partial charge in [0.15, 0.2) is 5.96 Å². The Kier molecular flexibility index (Phi) is 6.17. The molecule has 1 aromatic rings. The zero-order chi connectivity index (χ0) is 16.8. The lowest BCUT2D eigenvalue weighted by Gasteiger charge is -2.29. The molecule has 1 aliphatic carbocycles. The third-order valence-electron chi connectivity index (χ3n) is 5.42. The monoisotopic (exact) mass is 327 g/mol. The molecular formula is C21H33N3. The first kappa shape index (κ1) is 17.3. The smallest absolute Gasteiger partial charge is 0.198 e. The number of hydrogen-bond acceptors (Lipinski definition) is 3. The third kappa shape index (κ3) is 4.75. The van der Waals surface area contributed by atoms with E-state index in [-0.39, 0.29) is 0 Å². The second kappa shape index (κ2) is 8.55. The van der Waals surface area contributed by atoms with Crippen molar-refractivity contribution in [1.29, 1.82) is 0 Å². The molecule has 0 saturated heterocycles. The molecular weight excluding hydrogens is 294 g/mol. The summed E-state index contributed by atoms with van der Waals surface area (Å²) in [7, 11) is 0. The van der Waals surface area contributed by atoms with Gasteiger partial charge in [0.1, 0.15) is 0 Å². The molecule has 3 heteroatoms. The van der Waals surface area contributed by atoms with Gasteiger partial charge in [-0.25, -0.2) is 0 Å². The van der Waals surface area contributed by atoms with Crippen LogP contribution in [-0.2, 0) is 0 Å². The topological polar surface area (TPSA) is 27.6 Å². The molecule has 0 radical (unpaired) electrons. The predicted octanol–water partition coefficient (Wildman–Crippen LogP) is 5.16. The van der Waals surface area contributed by atoms with E-state index in [0.717, 1.165) is 36.6 Å². The Bertz CT molecular complexity index is 517. The summed E-state index contributed by atoms with van der Waals surface area (Å²) in [6.07, 6.45) is 9.74. The van der Waals surface area contributed by atoms with E-state index in [1.54, 1.807) is 0 Å². The highest BCUT2D eigenvalue weighted by molar-refractivity contribution is 5.95. The molecule has 1 fully saturated rings. The van der Waals surface area contributed by atoms with E-state index in [9.17, 15) is 0 Å². The molecule has 1 saturated carbocycles. The molecule has 0 amide bonds. The van der Waals surface area contributed by atoms with Gasteiger partial charge in [-0.3, -0.25) is 4.99 Å². The van der Waals surface area contributed by atoms with Crippen molar-refractivity contribution in [2.75, 3.05) is 18.4 Å². The number of hydrogen-bond donors (Lipinski definition) is 1. The van der Waals surface area contributed by atoms with Crippen molar-refractivity contribution in [3.8, 4) is 0 Å². The number of nitrogens with zero attached hydrogens (tertiary/aromatic N) is 2. The van der Waals surface area contributed by atoms with Crippen LogP contribution in [0.15, 0.2) is 35.3 Å². The highest BCUT2D eigenvalue weighted by Crippen LogP contribution is 2.29. The predicted molar refractivity (Wildman–Crippen MR) is 104 cm³/mol. The maximum Gasteiger partial charge on any atom is 0.198 e. The molecule has 3 nitrogen and oxygen atoms in total. The molecule has 24 heavy (non-hydrogen) atoms. The van der Waals surface area contributed by atoms with Gasteiger partial charge in [-0.15, -0.1) is 0 Å². The number of guanidine groups is 1. The summed E-state index contributed by atoms with van der Waals surface area (Å²) < 4.78 is 0. The number of aliphatic imine (C=N–C) groups is 1. The minimum absolute atomic E-state index is 0.569. The fraction of sp³-hybridized carbons (Fsp3) is 0.667. The fourth-order valence-corrected chi connectivity index (χ4v) is 4.20. The molecule has 1 heterocycles. The highest BCUT2D eigenvalue weighted by Gasteiger charge is 2.28. The van der Waals surface area contributed by atoms with Gasteiger partial charge in [0.25, 0.3) is 0 Å². The van der Waals surface area contributed by atoms with Crippen molar-refractivity contribution >= 4 is 11.6 Å². The van der Waals surface area contributed by atoms with Crippen LogP contribution in [-0.4, -0.2) is 30.0 Å². The summed E-state index contributed by atoms with van der Waals surface area (Å²) in [4.78, 5) is 7.37. The molecule has 2 aliphatic rings. The van der Waals surface area contributed by atoms with Crippen molar-refractivity contribution in [3.05, 3.63) is 30.3 Å². The maximum absolute atomic E-state index is 4.83. The van der Waals surface area contributed by atoms with Crippen molar-refractivity contribution < 1.29 is 0 Å². The van der Waals surface area contributed by atoms with E-state index in [1.165, 1.54) is 44.9 Å². The van der Waals surface area contributed by atoms with Crippen molar-refractivity contribution in [2.45, 2.75) is 64.8 Å². The third-order valence-corrected chi connectivity index (χ3v) is 5.42. The van der Waals surface area contributed by atoms with Gasteiger partial charge in [-0.2, -0.15) is 0 Å². The van der Waals surface area contributed by atoms with Crippen molar-refractivity contribution in [1.82, 2.24) is 4.90 Å². The molecule has 1 N–H and O–H groups in total. The summed E-state index contributed by atoms with van der Waals surface area (Å²) in [6, 6.07) is 11.0. The quantitative estimate of drug-likeness (QED) is 0.749. The van der Waals surface area contributed by atoms with Gasteiger partial charge in [-0.05, 0) is 43.2 Å². The Morgan fingerprint density at radius 2 is 1.92 bits per heavy atom. The lowest BCUT2D eigenvalue weighted by atomic mass is 10.0. The minimum Gasteiger partial charge on any atom is -0.338 e. The summed E-state index contributed by atoms with van der Waals surface area (Å²) in [5, 5.41) is 3.55. The normalized spacial score (nSPS) is 21.5. The van der Waals surface area contributed by atoms with Gasteiger partial charge in [0.05, 0.1) is 12.6 Å². The number of benzene rings is 1. The standard InChI is InChI=1S/C21H33N3/c1-17(2)15-20-16-22-21(23-19-12-4-3-5-13-19)24(20)14-8-11-18-9-6-7-10-18/h3-5,12-13,17-18,20H,6-11,14-16H2,1-2H3,(H,22,23)/t20-/m0/s1. The van der Waals surface area contributed by atoms with Crippen LogP contribution in [0.1, 0.15) is 58.8 Å². The van der Waals surface area contributed by atoms with Crippen LogP contribution in [0.5, 0.6) is 0 Å². The summed E-state index contributed by atoms with van der Waals surface area (Å²) >= 11 is 0. The fourth-order valence-electron chi connectivity index (χ4n) is 4.20. The van der Waals surface area contributed by atoms with E-state index in [0.29, 0.717) is 6.04 Å². The Balaban J connectivity index is 1.58. The van der Waals surface area contributed by atoms with E-state index in [1.807, 2.05) is 0 Å². The van der Waals surface area contributed by atoms with E-state index >= 15 is 0 Å². The van der Waals surface area contributed by atoms with Gasteiger partial charge >= 0.3 is 0 Å². The first-order valence-electron chi connectivity index (χ1n) is 9.85. The van der Waals surface area contributed by atoms with Gasteiger partial charge in [-0.1, -0.05) is 57.7 Å². The molecule has 1 aromatic carbocycles. The van der Waals surface area contributed by atoms with Crippen LogP contribution in [0.25, 0.3) is 0 Å². The second-order valence-electron chi connectivity index (χ2n) is 7.92. The average Bonchev–Trinajstić information content (AvgIpc) is 3.20. The van der Waals surface area contributed by atoms with Crippen LogP contribution in [0, 0.1) is 11.8 Å². The SMILES string of the molecule is CC(C)C[C@H]1CN=C(Nc2ccccc2)N1CCCC1CCCC1. The van der Waals surface area contributed by atoms with E-state index in [4.69, 9.17) is 4.99 Å². The molecule has 0 bridgehead atoms. The average molecular weight is 328 g/mol. The zero-order valence-electron chi connectivity index (χ0n) is 15.4. The molecule has 3 rings (SSSR count). The zero-order valence-corrected chi connectivity index (χ0v) is 15.4. The molecule has 0 unspecified atom stereocenters. The molecule has 0 spiro atoms. The summed E-state index contributed by atoms with van der Waals surface area (Å²) in [6.45, 7) is 6.72. The lowest BCUT2D eigenvalue weighted by Crippen LogP contribution is -2.41. The Morgan fingerprint density at radius 1 is 1.17 bits per heavy atom. The molecule has 1 aliphatic heterocycles. The second-order valence-corrected chi connectivity index (χ2v) is 7.92. The van der Waals surface area contributed by atoms with E-state index in [2.05, 4.69) is 54.4 Å². The minimum atomic E-state index is 0.569. The largest absolute Gasteiger partial charge is 0.338 e. The van der Waals surface area contributed by atoms with Crippen molar-refractivity contribution in [3.63, 3.8) is 0 Å². The molecule has 0 aromatic heterocycles. The summed E-state index contributed by atoms with van der Waals surface area (Å²) in [5.74, 6) is 2.79. The number of anilines is 1. The number of para-hydroxylation sites is 1. The highest BCUT2D eigenvalue weighted by atomic mass is 15.4. The van der Waals surface area contributed by atoms with Crippen LogP contribution < -0.4 is 5.32 Å². The van der Waals surface area contributed by atoms with Crippen LogP contribution >= 0.6 is 0 Å². The lowest BCUT2D eigenvalue weighted by molar-refractivity contribution is 0.285. The van der Waals surface area contributed by atoms with Crippen LogP contribution in [0.2, 0.25) is 0 Å². The van der Waals surface area contributed by atoms with Crippen LogP contribution in [0.4, 0.5) is 5.69 Å². The van der Waals surface area contributed by atoms with E-state index < -0.39 is 0 Å². The van der Waals surface area contributed by atoms with Crippen LogP contribution in [0.3, 0.4) is 0 Å². The summed E-state index contributed by atoms with van der Waals surface area (Å²) in [5.41, 5.74) is 1.14. The first-order valence-corrected chi connectivity index (χ1v) is 9.85. The number of nitrogens with one attached hydrogen (secondary N) is 1. The van der Waals surface area contributed by atoms with Gasteiger partial charge in [0.2, 0.25) is 0 Å². The molecule has 1 atom stereocenters. The Morgan fingerprint density at radius 3 is 2.62 bits per heavy atom. The van der Waals surface area contributed by atoms with Gasteiger partial charge < -0.3 is 10.2 Å². The molecule has 132 valence electrons. The first-order chi connectivity index (χ1) is 11.7. The van der Waals surface area contributed by atoms with Gasteiger partial charge in [0, 0.05) is 12.2 Å². The number of rotatable bonds is 7. The maximum atomic E-state index is 4.83. The van der Waals surface area contributed by atoms with Crippen molar-refractivity contribution in [2.24, 2.45) is 16.8 Å².